The summed E-state index contributed by atoms with van der Waals surface area (Å²) in [6.07, 6.45) is -2.17. The van der Waals surface area contributed by atoms with E-state index in [9.17, 15) is 13.2 Å². The van der Waals surface area contributed by atoms with E-state index in [-0.39, 0.29) is 6.42 Å². The van der Waals surface area contributed by atoms with Crippen molar-refractivity contribution in [3.63, 3.8) is 0 Å². The molecule has 0 aromatic carbocycles. The van der Waals surface area contributed by atoms with Crippen molar-refractivity contribution in [3.05, 3.63) is 0 Å². The van der Waals surface area contributed by atoms with Crippen LogP contribution in [0.3, 0.4) is 0 Å². The molecular weight excluding hydrogens is 155 g/mol. The van der Waals surface area contributed by atoms with Crippen LogP contribution in [0.25, 0.3) is 0 Å². The van der Waals surface area contributed by atoms with Crippen molar-refractivity contribution in [2.75, 3.05) is 13.6 Å². The number of alkyl halides is 3. The summed E-state index contributed by atoms with van der Waals surface area (Å²) in [5.41, 5.74) is 0. The fraction of sp³-hybridized carbons (Fsp3) is 1.00. The van der Waals surface area contributed by atoms with Crippen LogP contribution >= 0.6 is 0 Å². The van der Waals surface area contributed by atoms with Gasteiger partial charge in [0.2, 0.25) is 0 Å². The summed E-state index contributed by atoms with van der Waals surface area (Å²) >= 11 is 0. The lowest BCUT2D eigenvalue weighted by molar-refractivity contribution is -0.187. The van der Waals surface area contributed by atoms with E-state index in [1.54, 1.807) is 0 Å². The van der Waals surface area contributed by atoms with E-state index in [1.807, 2.05) is 0 Å². The Morgan fingerprint density at radius 2 is 1.91 bits per heavy atom. The smallest absolute Gasteiger partial charge is 0.295 e. The van der Waals surface area contributed by atoms with Crippen molar-refractivity contribution in [1.82, 2.24) is 4.90 Å². The van der Waals surface area contributed by atoms with Gasteiger partial charge in [-0.05, 0) is 26.4 Å². The SMILES string of the molecule is CN1CCCC[C@H]1C(F)(F)F. The van der Waals surface area contributed by atoms with E-state index in [0.717, 1.165) is 6.42 Å². The number of hydrogen-bond acceptors (Lipinski definition) is 1. The molecule has 66 valence electrons. The van der Waals surface area contributed by atoms with Gasteiger partial charge in [-0.25, -0.2) is 0 Å². The highest BCUT2D eigenvalue weighted by atomic mass is 19.4. The summed E-state index contributed by atoms with van der Waals surface area (Å²) in [6, 6.07) is -1.20. The molecule has 0 aromatic rings. The minimum absolute atomic E-state index is 0.264. The summed E-state index contributed by atoms with van der Waals surface area (Å²) in [4.78, 5) is 1.39. The number of likely N-dealkylation sites (tertiary alicyclic amines) is 1. The van der Waals surface area contributed by atoms with Crippen molar-refractivity contribution in [1.29, 1.82) is 0 Å². The molecule has 11 heavy (non-hydrogen) atoms. The van der Waals surface area contributed by atoms with E-state index in [1.165, 1.54) is 11.9 Å². The molecule has 0 aromatic heterocycles. The summed E-state index contributed by atoms with van der Waals surface area (Å²) in [7, 11) is 1.54. The number of rotatable bonds is 0. The molecule has 1 fully saturated rings. The Morgan fingerprint density at radius 1 is 1.27 bits per heavy atom. The van der Waals surface area contributed by atoms with Crippen LogP contribution in [-0.4, -0.2) is 30.7 Å². The van der Waals surface area contributed by atoms with Crippen molar-refractivity contribution >= 4 is 0 Å². The maximum atomic E-state index is 12.2. The minimum Gasteiger partial charge on any atom is -0.295 e. The van der Waals surface area contributed by atoms with Crippen LogP contribution in [-0.2, 0) is 0 Å². The van der Waals surface area contributed by atoms with Crippen molar-refractivity contribution in [2.24, 2.45) is 0 Å². The molecule has 1 atom stereocenters. The molecule has 1 heterocycles. The van der Waals surface area contributed by atoms with Gasteiger partial charge >= 0.3 is 6.18 Å². The third-order valence-electron chi connectivity index (χ3n) is 2.15. The quantitative estimate of drug-likeness (QED) is 0.533. The highest BCUT2D eigenvalue weighted by molar-refractivity contribution is 4.80. The van der Waals surface area contributed by atoms with E-state index in [0.29, 0.717) is 13.0 Å². The summed E-state index contributed by atoms with van der Waals surface area (Å²) in [5, 5.41) is 0. The maximum Gasteiger partial charge on any atom is 0.404 e. The zero-order valence-electron chi connectivity index (χ0n) is 6.49. The second-order valence-electron chi connectivity index (χ2n) is 3.03. The largest absolute Gasteiger partial charge is 0.404 e. The van der Waals surface area contributed by atoms with Gasteiger partial charge in [0, 0.05) is 0 Å². The Bertz CT molecular complexity index is 132. The molecular formula is C7H12F3N. The first-order valence-electron chi connectivity index (χ1n) is 3.79. The zero-order valence-corrected chi connectivity index (χ0v) is 6.49. The molecule has 4 heteroatoms. The topological polar surface area (TPSA) is 3.24 Å². The Morgan fingerprint density at radius 3 is 2.27 bits per heavy atom. The van der Waals surface area contributed by atoms with Crippen LogP contribution in [0.1, 0.15) is 19.3 Å². The third kappa shape index (κ3) is 2.09. The average Bonchev–Trinajstić information content (AvgIpc) is 1.86. The molecule has 0 unspecified atom stereocenters. The molecule has 0 bridgehead atoms. The number of hydrogen-bond donors (Lipinski definition) is 0. The van der Waals surface area contributed by atoms with Gasteiger partial charge in [-0.2, -0.15) is 13.2 Å². The second kappa shape index (κ2) is 3.01. The van der Waals surface area contributed by atoms with Crippen LogP contribution in [0.15, 0.2) is 0 Å². The van der Waals surface area contributed by atoms with Crippen molar-refractivity contribution in [3.8, 4) is 0 Å². The second-order valence-corrected chi connectivity index (χ2v) is 3.03. The number of nitrogens with zero attached hydrogens (tertiary/aromatic N) is 1. The first-order chi connectivity index (χ1) is 5.02. The van der Waals surface area contributed by atoms with E-state index >= 15 is 0 Å². The standard InChI is InChI=1S/C7H12F3N/c1-11-5-3-2-4-6(11)7(8,9)10/h6H,2-5H2,1H3/t6-/m0/s1. The third-order valence-corrected chi connectivity index (χ3v) is 2.15. The lowest BCUT2D eigenvalue weighted by Gasteiger charge is -2.33. The van der Waals surface area contributed by atoms with Crippen molar-refractivity contribution < 1.29 is 13.2 Å². The van der Waals surface area contributed by atoms with E-state index in [4.69, 9.17) is 0 Å². The summed E-state index contributed by atoms with van der Waals surface area (Å²) < 4.78 is 36.5. The van der Waals surface area contributed by atoms with Gasteiger partial charge in [-0.15, -0.1) is 0 Å². The lowest BCUT2D eigenvalue weighted by atomic mass is 10.0. The Kier molecular flexibility index (Phi) is 2.42. The minimum atomic E-state index is -4.03. The molecule has 0 N–H and O–H groups in total. The average molecular weight is 167 g/mol. The molecule has 0 aliphatic carbocycles. The van der Waals surface area contributed by atoms with Crippen LogP contribution in [0.2, 0.25) is 0 Å². The van der Waals surface area contributed by atoms with Gasteiger partial charge < -0.3 is 0 Å². The maximum absolute atomic E-state index is 12.2. The van der Waals surface area contributed by atoms with Crippen LogP contribution in [0, 0.1) is 0 Å². The highest BCUT2D eigenvalue weighted by Gasteiger charge is 2.42. The van der Waals surface area contributed by atoms with Crippen LogP contribution in [0.5, 0.6) is 0 Å². The lowest BCUT2D eigenvalue weighted by Crippen LogP contribution is -2.46. The predicted molar refractivity (Wildman–Crippen MR) is 36.3 cm³/mol. The first-order valence-corrected chi connectivity index (χ1v) is 3.79. The molecule has 1 rings (SSSR count). The van der Waals surface area contributed by atoms with Gasteiger partial charge in [0.05, 0.1) is 0 Å². The number of halogens is 3. The van der Waals surface area contributed by atoms with Gasteiger partial charge in [0.15, 0.2) is 0 Å². The molecule has 1 nitrogen and oxygen atoms in total. The molecule has 1 aliphatic heterocycles. The Hall–Kier alpha value is -0.250. The van der Waals surface area contributed by atoms with Crippen molar-refractivity contribution in [2.45, 2.75) is 31.5 Å². The summed E-state index contributed by atoms with van der Waals surface area (Å²) in [5.74, 6) is 0. The summed E-state index contributed by atoms with van der Waals surface area (Å²) in [6.45, 7) is 0.574. The first kappa shape index (κ1) is 8.84. The van der Waals surface area contributed by atoms with E-state index in [2.05, 4.69) is 0 Å². The van der Waals surface area contributed by atoms with Gasteiger partial charge in [0.1, 0.15) is 6.04 Å². The monoisotopic (exact) mass is 167 g/mol. The fourth-order valence-corrected chi connectivity index (χ4v) is 1.49. The predicted octanol–water partition coefficient (Wildman–Crippen LogP) is 2.03. The van der Waals surface area contributed by atoms with Gasteiger partial charge in [-0.1, -0.05) is 6.42 Å². The van der Waals surface area contributed by atoms with Crippen LogP contribution in [0.4, 0.5) is 13.2 Å². The van der Waals surface area contributed by atoms with Crippen LogP contribution < -0.4 is 0 Å². The number of piperidine rings is 1. The van der Waals surface area contributed by atoms with Gasteiger partial charge in [-0.3, -0.25) is 4.90 Å². The molecule has 1 aliphatic rings. The molecule has 1 saturated heterocycles. The Labute approximate surface area is 64.2 Å². The highest BCUT2D eigenvalue weighted by Crippen LogP contribution is 2.30. The molecule has 0 radical (unpaired) electrons. The molecule has 0 spiro atoms. The molecule has 0 saturated carbocycles. The normalized spacial score (nSPS) is 28.9. The van der Waals surface area contributed by atoms with Gasteiger partial charge in [0.25, 0.3) is 0 Å². The zero-order chi connectivity index (χ0) is 8.48. The molecule has 0 amide bonds. The fourth-order valence-electron chi connectivity index (χ4n) is 1.49. The van der Waals surface area contributed by atoms with E-state index < -0.39 is 12.2 Å². The Balaban J connectivity index is 2.55.